The Bertz CT molecular complexity index is 1150. The quantitative estimate of drug-likeness (QED) is 0.582. The number of aromatic hydroxyl groups is 1. The molecule has 0 atom stereocenters. The van der Waals surface area contributed by atoms with Gasteiger partial charge in [-0.1, -0.05) is 30.3 Å². The van der Waals surface area contributed by atoms with Crippen LogP contribution in [0.15, 0.2) is 54.7 Å². The van der Waals surface area contributed by atoms with Crippen LogP contribution in [0.2, 0.25) is 0 Å². The van der Waals surface area contributed by atoms with Crippen LogP contribution in [-0.2, 0) is 6.54 Å². The molecule has 4 aromatic rings. The van der Waals surface area contributed by atoms with Gasteiger partial charge in [0.1, 0.15) is 5.75 Å². The zero-order valence-electron chi connectivity index (χ0n) is 13.3. The van der Waals surface area contributed by atoms with Crippen molar-refractivity contribution in [2.45, 2.75) is 6.54 Å². The minimum atomic E-state index is -0.259. The third kappa shape index (κ3) is 1.94. The van der Waals surface area contributed by atoms with Gasteiger partial charge in [0.25, 0.3) is 5.91 Å². The number of nitrogens with zero attached hydrogens (tertiary/aromatic N) is 4. The Balaban J connectivity index is 1.67. The van der Waals surface area contributed by atoms with E-state index in [1.165, 1.54) is 6.20 Å². The van der Waals surface area contributed by atoms with Crippen molar-refractivity contribution in [2.75, 3.05) is 11.4 Å². The van der Waals surface area contributed by atoms with E-state index in [0.29, 0.717) is 29.9 Å². The lowest BCUT2D eigenvalue weighted by Crippen LogP contribution is -2.29. The van der Waals surface area contributed by atoms with Crippen molar-refractivity contribution in [3.8, 4) is 5.75 Å². The maximum Gasteiger partial charge on any atom is 0.265 e. The van der Waals surface area contributed by atoms with Crippen LogP contribution in [0, 0.1) is 0 Å². The van der Waals surface area contributed by atoms with Crippen LogP contribution in [0.3, 0.4) is 0 Å². The van der Waals surface area contributed by atoms with Gasteiger partial charge in [-0.25, -0.2) is 4.98 Å². The lowest BCUT2D eigenvalue weighted by Gasteiger charge is -2.16. The van der Waals surface area contributed by atoms with Gasteiger partial charge in [-0.15, -0.1) is 0 Å². The zero-order chi connectivity index (χ0) is 17.0. The monoisotopic (exact) mass is 330 g/mol. The minimum absolute atomic E-state index is 0.113. The number of pyridine rings is 1. The fraction of sp³-hybridized carbons (Fsp3) is 0.105. The van der Waals surface area contributed by atoms with E-state index in [2.05, 4.69) is 9.97 Å². The van der Waals surface area contributed by atoms with E-state index in [1.807, 2.05) is 47.0 Å². The Morgan fingerprint density at radius 3 is 2.64 bits per heavy atom. The molecule has 122 valence electrons. The third-order valence-corrected chi connectivity index (χ3v) is 4.64. The van der Waals surface area contributed by atoms with E-state index < -0.39 is 0 Å². The molecule has 1 amide bonds. The summed E-state index contributed by atoms with van der Waals surface area (Å²) in [5.41, 5.74) is 2.82. The number of imidazole rings is 1. The molecule has 0 spiro atoms. The Labute approximate surface area is 143 Å². The number of aromatic nitrogens is 3. The molecule has 1 aliphatic heterocycles. The molecular formula is C19H14N4O2. The summed E-state index contributed by atoms with van der Waals surface area (Å²) in [6.45, 7) is 1.22. The molecule has 0 unspecified atom stereocenters. The second kappa shape index (κ2) is 5.04. The Hall–Kier alpha value is -3.41. The van der Waals surface area contributed by atoms with Crippen LogP contribution in [0.4, 0.5) is 5.95 Å². The topological polar surface area (TPSA) is 71.2 Å². The van der Waals surface area contributed by atoms with Gasteiger partial charge in [-0.05, 0) is 18.2 Å². The van der Waals surface area contributed by atoms with Gasteiger partial charge in [0, 0.05) is 18.5 Å². The van der Waals surface area contributed by atoms with Crippen molar-refractivity contribution in [1.82, 2.24) is 14.5 Å². The van der Waals surface area contributed by atoms with Crippen LogP contribution >= 0.6 is 0 Å². The number of hydrogen-bond donors (Lipinski definition) is 1. The number of benzene rings is 2. The van der Waals surface area contributed by atoms with Crippen LogP contribution in [-0.4, -0.2) is 32.1 Å². The third-order valence-electron chi connectivity index (χ3n) is 4.64. The maximum atomic E-state index is 13.2. The highest BCUT2D eigenvalue weighted by molar-refractivity contribution is 6.15. The first kappa shape index (κ1) is 14.0. The van der Waals surface area contributed by atoms with Crippen molar-refractivity contribution in [3.63, 3.8) is 0 Å². The van der Waals surface area contributed by atoms with Crippen LogP contribution in [0.25, 0.3) is 21.9 Å². The lowest BCUT2D eigenvalue weighted by atomic mass is 10.1. The number of fused-ring (bicyclic) bond motifs is 4. The molecule has 5 rings (SSSR count). The van der Waals surface area contributed by atoms with E-state index in [4.69, 9.17) is 0 Å². The molecule has 6 nitrogen and oxygen atoms in total. The van der Waals surface area contributed by atoms with Crippen molar-refractivity contribution in [2.24, 2.45) is 0 Å². The van der Waals surface area contributed by atoms with E-state index in [-0.39, 0.29) is 17.2 Å². The second-order valence-corrected chi connectivity index (χ2v) is 6.04. The standard InChI is InChI=1S/C19H14N4O2/c24-16-11-20-13-6-2-1-5-12(13)17(16)18(25)23-10-9-22-15-8-4-3-7-14(15)21-19(22)23/h1-8,11,24H,9-10H2. The average molecular weight is 330 g/mol. The SMILES string of the molecule is O=C(c1c(O)cnc2ccccc12)N1CCn2c1nc1ccccc12. The summed E-state index contributed by atoms with van der Waals surface area (Å²) in [6, 6.07) is 15.1. The molecule has 0 bridgehead atoms. The van der Waals surface area contributed by atoms with Crippen LogP contribution < -0.4 is 4.90 Å². The molecule has 3 heterocycles. The van der Waals surface area contributed by atoms with Crippen LogP contribution in [0.5, 0.6) is 5.75 Å². The Morgan fingerprint density at radius 1 is 1.00 bits per heavy atom. The molecule has 2 aromatic carbocycles. The number of para-hydroxylation sites is 3. The van der Waals surface area contributed by atoms with Crippen LogP contribution in [0.1, 0.15) is 10.4 Å². The number of hydrogen-bond acceptors (Lipinski definition) is 4. The maximum absolute atomic E-state index is 13.2. The molecule has 1 N–H and O–H groups in total. The molecule has 0 aliphatic carbocycles. The Kier molecular flexibility index (Phi) is 2.82. The first-order chi connectivity index (χ1) is 12.2. The first-order valence-corrected chi connectivity index (χ1v) is 8.08. The lowest BCUT2D eigenvalue weighted by molar-refractivity contribution is 0.0988. The summed E-state index contributed by atoms with van der Waals surface area (Å²) >= 11 is 0. The van der Waals surface area contributed by atoms with Gasteiger partial charge in [0.15, 0.2) is 0 Å². The zero-order valence-corrected chi connectivity index (χ0v) is 13.3. The average Bonchev–Trinajstić information content (AvgIpc) is 3.20. The molecule has 0 fully saturated rings. The molecule has 0 radical (unpaired) electrons. The predicted octanol–water partition coefficient (Wildman–Crippen LogP) is 2.95. The van der Waals surface area contributed by atoms with Gasteiger partial charge < -0.3 is 9.67 Å². The van der Waals surface area contributed by atoms with Crippen molar-refractivity contribution < 1.29 is 9.90 Å². The fourth-order valence-corrected chi connectivity index (χ4v) is 3.47. The van der Waals surface area contributed by atoms with Gasteiger partial charge in [0.2, 0.25) is 5.95 Å². The summed E-state index contributed by atoms with van der Waals surface area (Å²) in [6.07, 6.45) is 1.33. The fourth-order valence-electron chi connectivity index (χ4n) is 3.47. The molecule has 1 aliphatic rings. The van der Waals surface area contributed by atoms with Gasteiger partial charge in [-0.2, -0.15) is 0 Å². The number of carbonyl (C=O) groups is 1. The molecule has 0 saturated heterocycles. The summed E-state index contributed by atoms with van der Waals surface area (Å²) in [7, 11) is 0. The molecular weight excluding hydrogens is 316 g/mol. The van der Waals surface area contributed by atoms with Crippen molar-refractivity contribution in [1.29, 1.82) is 0 Å². The molecule has 2 aromatic heterocycles. The van der Waals surface area contributed by atoms with E-state index in [1.54, 1.807) is 11.0 Å². The molecule has 0 saturated carbocycles. The normalized spacial score (nSPS) is 13.5. The van der Waals surface area contributed by atoms with E-state index >= 15 is 0 Å². The highest BCUT2D eigenvalue weighted by Crippen LogP contribution is 2.32. The van der Waals surface area contributed by atoms with E-state index in [0.717, 1.165) is 11.0 Å². The first-order valence-electron chi connectivity index (χ1n) is 8.08. The Morgan fingerprint density at radius 2 is 1.76 bits per heavy atom. The number of rotatable bonds is 1. The van der Waals surface area contributed by atoms with Gasteiger partial charge in [0.05, 0.1) is 28.3 Å². The van der Waals surface area contributed by atoms with Crippen molar-refractivity contribution >= 4 is 33.8 Å². The van der Waals surface area contributed by atoms with E-state index in [9.17, 15) is 9.90 Å². The summed E-state index contributed by atoms with van der Waals surface area (Å²) in [4.78, 5) is 23.6. The summed E-state index contributed by atoms with van der Waals surface area (Å²) in [5.74, 6) is 0.245. The highest BCUT2D eigenvalue weighted by atomic mass is 16.3. The second-order valence-electron chi connectivity index (χ2n) is 6.04. The molecule has 6 heteroatoms. The van der Waals surface area contributed by atoms with Crippen molar-refractivity contribution in [3.05, 3.63) is 60.3 Å². The number of carbonyl (C=O) groups excluding carboxylic acids is 1. The molecule has 25 heavy (non-hydrogen) atoms. The van der Waals surface area contributed by atoms with Gasteiger partial charge in [-0.3, -0.25) is 14.7 Å². The smallest absolute Gasteiger partial charge is 0.265 e. The summed E-state index contributed by atoms with van der Waals surface area (Å²) in [5, 5.41) is 10.9. The number of anilines is 1. The number of amides is 1. The van der Waals surface area contributed by atoms with Gasteiger partial charge >= 0.3 is 0 Å². The summed E-state index contributed by atoms with van der Waals surface area (Å²) < 4.78 is 2.04. The largest absolute Gasteiger partial charge is 0.505 e. The minimum Gasteiger partial charge on any atom is -0.505 e. The predicted molar refractivity (Wildman–Crippen MR) is 94.8 cm³/mol. The highest BCUT2D eigenvalue weighted by Gasteiger charge is 2.31.